The molecule has 0 spiro atoms. The average molecular weight is 242 g/mol. The molecule has 2 fully saturated rings. The molecule has 2 aliphatic rings. The minimum Gasteiger partial charge on any atom is -0.314 e. The number of hydrogen-bond acceptors (Lipinski definition) is 3. The summed E-state index contributed by atoms with van der Waals surface area (Å²) < 4.78 is 0. The van der Waals surface area contributed by atoms with Gasteiger partial charge >= 0.3 is 0 Å². The zero-order valence-electron chi connectivity index (χ0n) is 11.0. The molecule has 2 heterocycles. The smallest absolute Gasteiger partial charge is 0.0212 e. The molecule has 1 N–H and O–H groups in total. The lowest BCUT2D eigenvalue weighted by molar-refractivity contribution is 0.103. The van der Waals surface area contributed by atoms with Crippen molar-refractivity contribution in [3.8, 4) is 0 Å². The predicted molar refractivity (Wildman–Crippen MR) is 73.2 cm³/mol. The summed E-state index contributed by atoms with van der Waals surface area (Å²) in [6.45, 7) is 7.35. The van der Waals surface area contributed by atoms with E-state index in [0.717, 1.165) is 11.3 Å². The Morgan fingerprint density at radius 1 is 1.31 bits per heavy atom. The van der Waals surface area contributed by atoms with Gasteiger partial charge in [0.2, 0.25) is 0 Å². The highest BCUT2D eigenvalue weighted by Crippen LogP contribution is 2.32. The second-order valence-electron chi connectivity index (χ2n) is 5.63. The van der Waals surface area contributed by atoms with Crippen molar-refractivity contribution in [3.05, 3.63) is 0 Å². The lowest BCUT2D eigenvalue weighted by Crippen LogP contribution is -2.54. The highest BCUT2D eigenvalue weighted by Gasteiger charge is 2.34. The maximum absolute atomic E-state index is 3.48. The van der Waals surface area contributed by atoms with Crippen molar-refractivity contribution in [2.24, 2.45) is 0 Å². The molecule has 2 rings (SSSR count). The monoisotopic (exact) mass is 242 g/mol. The standard InChI is InChI=1S/C13H26N2S/c1-11-12(5-4-10-16-11)15-8-6-13(2,14-3)7-9-15/h11-12,14H,4-10H2,1-3H3. The van der Waals surface area contributed by atoms with Crippen LogP contribution in [-0.4, -0.2) is 47.6 Å². The van der Waals surface area contributed by atoms with Gasteiger partial charge in [-0.1, -0.05) is 6.92 Å². The molecule has 0 bridgehead atoms. The first-order valence-electron chi connectivity index (χ1n) is 6.69. The molecule has 3 heteroatoms. The van der Waals surface area contributed by atoms with Gasteiger partial charge in [-0.05, 0) is 45.4 Å². The van der Waals surface area contributed by atoms with Crippen LogP contribution in [0.3, 0.4) is 0 Å². The van der Waals surface area contributed by atoms with Crippen molar-refractivity contribution in [1.82, 2.24) is 10.2 Å². The van der Waals surface area contributed by atoms with E-state index in [4.69, 9.17) is 0 Å². The third-order valence-electron chi connectivity index (χ3n) is 4.54. The molecule has 2 nitrogen and oxygen atoms in total. The average Bonchev–Trinajstić information content (AvgIpc) is 2.31. The van der Waals surface area contributed by atoms with Gasteiger partial charge in [-0.25, -0.2) is 0 Å². The Labute approximate surface area is 105 Å². The van der Waals surface area contributed by atoms with Gasteiger partial charge in [-0.3, -0.25) is 4.90 Å². The van der Waals surface area contributed by atoms with Crippen molar-refractivity contribution in [2.45, 2.75) is 56.4 Å². The molecule has 0 aromatic rings. The third kappa shape index (κ3) is 2.74. The molecular formula is C13H26N2S. The number of thioether (sulfide) groups is 1. The van der Waals surface area contributed by atoms with Gasteiger partial charge in [0.25, 0.3) is 0 Å². The van der Waals surface area contributed by atoms with Crippen LogP contribution < -0.4 is 5.32 Å². The molecule has 0 radical (unpaired) electrons. The van der Waals surface area contributed by atoms with Crippen LogP contribution in [0.2, 0.25) is 0 Å². The molecule has 2 atom stereocenters. The molecule has 0 aromatic heterocycles. The summed E-state index contributed by atoms with van der Waals surface area (Å²) in [5, 5.41) is 4.32. The van der Waals surface area contributed by atoms with Crippen molar-refractivity contribution in [2.75, 3.05) is 25.9 Å². The maximum Gasteiger partial charge on any atom is 0.0212 e. The molecular weight excluding hydrogens is 216 g/mol. The van der Waals surface area contributed by atoms with Gasteiger partial charge < -0.3 is 5.32 Å². The summed E-state index contributed by atoms with van der Waals surface area (Å²) in [7, 11) is 2.11. The molecule has 0 saturated carbocycles. The van der Waals surface area contributed by atoms with Crippen LogP contribution in [0.15, 0.2) is 0 Å². The normalized spacial score (nSPS) is 36.2. The lowest BCUT2D eigenvalue weighted by Gasteiger charge is -2.45. The van der Waals surface area contributed by atoms with Crippen LogP contribution in [0.5, 0.6) is 0 Å². The molecule has 2 saturated heterocycles. The van der Waals surface area contributed by atoms with E-state index in [0.29, 0.717) is 5.54 Å². The van der Waals surface area contributed by atoms with Crippen LogP contribution >= 0.6 is 11.8 Å². The SMILES string of the molecule is CNC1(C)CCN(C2CCCSC2C)CC1. The number of likely N-dealkylation sites (tertiary alicyclic amines) is 1. The number of nitrogens with one attached hydrogen (secondary N) is 1. The van der Waals surface area contributed by atoms with Crippen LogP contribution in [0.4, 0.5) is 0 Å². The fraction of sp³-hybridized carbons (Fsp3) is 1.00. The van der Waals surface area contributed by atoms with E-state index in [1.54, 1.807) is 0 Å². The topological polar surface area (TPSA) is 15.3 Å². The van der Waals surface area contributed by atoms with E-state index < -0.39 is 0 Å². The van der Waals surface area contributed by atoms with E-state index >= 15 is 0 Å². The Bertz CT molecular complexity index is 224. The van der Waals surface area contributed by atoms with Crippen molar-refractivity contribution < 1.29 is 0 Å². The van der Waals surface area contributed by atoms with Crippen LogP contribution in [0.1, 0.15) is 39.5 Å². The zero-order valence-corrected chi connectivity index (χ0v) is 11.8. The summed E-state index contributed by atoms with van der Waals surface area (Å²) in [6.07, 6.45) is 5.44. The Morgan fingerprint density at radius 3 is 2.56 bits per heavy atom. The first-order valence-corrected chi connectivity index (χ1v) is 7.74. The van der Waals surface area contributed by atoms with E-state index in [9.17, 15) is 0 Å². The zero-order chi connectivity index (χ0) is 11.6. The summed E-state index contributed by atoms with van der Waals surface area (Å²) in [5.41, 5.74) is 0.390. The van der Waals surface area contributed by atoms with Gasteiger partial charge in [-0.2, -0.15) is 11.8 Å². The van der Waals surface area contributed by atoms with E-state index in [2.05, 4.69) is 42.9 Å². The molecule has 2 aliphatic heterocycles. The molecule has 94 valence electrons. The Kier molecular flexibility index (Phi) is 4.20. The van der Waals surface area contributed by atoms with Gasteiger partial charge in [0.1, 0.15) is 0 Å². The van der Waals surface area contributed by atoms with Gasteiger partial charge in [0, 0.05) is 29.9 Å². The Morgan fingerprint density at radius 2 is 2.00 bits per heavy atom. The molecule has 0 amide bonds. The summed E-state index contributed by atoms with van der Waals surface area (Å²) >= 11 is 2.17. The number of rotatable bonds is 2. The lowest BCUT2D eigenvalue weighted by atomic mass is 9.88. The highest BCUT2D eigenvalue weighted by atomic mass is 32.2. The highest BCUT2D eigenvalue weighted by molar-refractivity contribution is 7.99. The molecule has 0 aromatic carbocycles. The fourth-order valence-electron chi connectivity index (χ4n) is 2.99. The fourth-order valence-corrected chi connectivity index (χ4v) is 4.22. The predicted octanol–water partition coefficient (Wildman–Crippen LogP) is 2.34. The number of piperidine rings is 1. The second-order valence-corrected chi connectivity index (χ2v) is 7.12. The van der Waals surface area contributed by atoms with Gasteiger partial charge in [0.15, 0.2) is 0 Å². The first-order chi connectivity index (χ1) is 7.64. The van der Waals surface area contributed by atoms with E-state index in [1.807, 2.05) is 0 Å². The Hall–Kier alpha value is 0.270. The van der Waals surface area contributed by atoms with E-state index in [1.165, 1.54) is 44.5 Å². The van der Waals surface area contributed by atoms with Crippen molar-refractivity contribution in [3.63, 3.8) is 0 Å². The van der Waals surface area contributed by atoms with Crippen LogP contribution in [0, 0.1) is 0 Å². The van der Waals surface area contributed by atoms with Gasteiger partial charge in [-0.15, -0.1) is 0 Å². The number of nitrogens with zero attached hydrogens (tertiary/aromatic N) is 1. The third-order valence-corrected chi connectivity index (χ3v) is 5.91. The largest absolute Gasteiger partial charge is 0.314 e. The first kappa shape index (κ1) is 12.7. The maximum atomic E-state index is 3.48. The van der Waals surface area contributed by atoms with Crippen LogP contribution in [0.25, 0.3) is 0 Å². The summed E-state index contributed by atoms with van der Waals surface area (Å²) in [5.74, 6) is 1.37. The minimum atomic E-state index is 0.390. The van der Waals surface area contributed by atoms with Crippen molar-refractivity contribution >= 4 is 11.8 Å². The van der Waals surface area contributed by atoms with Crippen LogP contribution in [-0.2, 0) is 0 Å². The minimum absolute atomic E-state index is 0.390. The van der Waals surface area contributed by atoms with Gasteiger partial charge in [0.05, 0.1) is 0 Å². The summed E-state index contributed by atoms with van der Waals surface area (Å²) in [4.78, 5) is 2.75. The number of hydrogen-bond donors (Lipinski definition) is 1. The molecule has 0 aliphatic carbocycles. The Balaban J connectivity index is 1.88. The van der Waals surface area contributed by atoms with E-state index in [-0.39, 0.29) is 0 Å². The summed E-state index contributed by atoms with van der Waals surface area (Å²) in [6, 6.07) is 0.847. The molecule has 16 heavy (non-hydrogen) atoms. The molecule has 2 unspecified atom stereocenters. The quantitative estimate of drug-likeness (QED) is 0.800. The van der Waals surface area contributed by atoms with Crippen molar-refractivity contribution in [1.29, 1.82) is 0 Å². The second kappa shape index (κ2) is 5.28.